The van der Waals surface area contributed by atoms with Gasteiger partial charge in [0.1, 0.15) is 12.4 Å². The van der Waals surface area contributed by atoms with Gasteiger partial charge in [0.15, 0.2) is 0 Å². The molecule has 1 aromatic rings. The van der Waals surface area contributed by atoms with Gasteiger partial charge in [-0.3, -0.25) is 0 Å². The van der Waals surface area contributed by atoms with Crippen LogP contribution in [0.25, 0.3) is 0 Å². The second-order valence-corrected chi connectivity index (χ2v) is 4.03. The van der Waals surface area contributed by atoms with E-state index in [0.29, 0.717) is 16.3 Å². The van der Waals surface area contributed by atoms with Crippen molar-refractivity contribution in [3.8, 4) is 5.75 Å². The van der Waals surface area contributed by atoms with E-state index in [4.69, 9.17) is 16.3 Å². The highest BCUT2D eigenvalue weighted by atomic mass is 35.5. The first kappa shape index (κ1) is 13.6. The van der Waals surface area contributed by atoms with Crippen molar-refractivity contribution in [2.24, 2.45) is 0 Å². The van der Waals surface area contributed by atoms with Crippen LogP contribution in [0.2, 0.25) is 5.02 Å². The molecule has 1 rings (SSSR count). The lowest BCUT2D eigenvalue weighted by atomic mass is 10.2. The van der Waals surface area contributed by atoms with Crippen LogP contribution in [-0.2, 0) is 9.53 Å². The first-order valence-corrected chi connectivity index (χ1v) is 5.56. The van der Waals surface area contributed by atoms with Crippen molar-refractivity contribution < 1.29 is 14.3 Å². The maximum atomic E-state index is 11.1. The fraction of sp³-hybridized carbons (Fsp3) is 0.308. The number of aryl methyl sites for hydroxylation is 1. The van der Waals surface area contributed by atoms with Crippen LogP contribution in [0.5, 0.6) is 5.75 Å². The van der Waals surface area contributed by atoms with E-state index in [1.54, 1.807) is 19.1 Å². The minimum Gasteiger partial charge on any atom is -0.488 e. The van der Waals surface area contributed by atoms with Gasteiger partial charge in [-0.1, -0.05) is 17.7 Å². The molecule has 92 valence electrons. The number of carbonyl (C=O) groups excluding carboxylic acids is 1. The van der Waals surface area contributed by atoms with Crippen LogP contribution in [0.4, 0.5) is 0 Å². The van der Waals surface area contributed by atoms with E-state index in [0.717, 1.165) is 5.56 Å². The van der Waals surface area contributed by atoms with Gasteiger partial charge in [-0.05, 0) is 37.6 Å². The summed E-state index contributed by atoms with van der Waals surface area (Å²) in [6, 6.07) is 5.54. The van der Waals surface area contributed by atoms with Crippen molar-refractivity contribution in [3.05, 3.63) is 40.4 Å². The number of benzene rings is 1. The van der Waals surface area contributed by atoms with Gasteiger partial charge in [0.25, 0.3) is 0 Å². The fourth-order valence-corrected chi connectivity index (χ4v) is 1.39. The molecule has 0 bridgehead atoms. The number of ether oxygens (including phenoxy) is 2. The summed E-state index contributed by atoms with van der Waals surface area (Å²) in [5.41, 5.74) is 1.58. The van der Waals surface area contributed by atoms with Crippen molar-refractivity contribution in [2.75, 3.05) is 13.7 Å². The molecule has 0 radical (unpaired) electrons. The molecular formula is C13H15ClO3. The van der Waals surface area contributed by atoms with Gasteiger partial charge in [0.05, 0.1) is 12.1 Å². The third-order valence-electron chi connectivity index (χ3n) is 2.22. The van der Waals surface area contributed by atoms with Gasteiger partial charge >= 0.3 is 5.97 Å². The van der Waals surface area contributed by atoms with Crippen molar-refractivity contribution in [3.63, 3.8) is 0 Å². The molecule has 4 heteroatoms. The van der Waals surface area contributed by atoms with Gasteiger partial charge in [-0.2, -0.15) is 0 Å². The monoisotopic (exact) mass is 254 g/mol. The Hall–Kier alpha value is -1.48. The van der Waals surface area contributed by atoms with Crippen LogP contribution in [0.15, 0.2) is 29.8 Å². The SMILES string of the molecule is COC(=O)C(C)=CCOc1cc(C)ccc1Cl. The molecule has 17 heavy (non-hydrogen) atoms. The number of hydrogen-bond donors (Lipinski definition) is 0. The fourth-order valence-electron chi connectivity index (χ4n) is 1.22. The summed E-state index contributed by atoms with van der Waals surface area (Å²) < 4.78 is 10.0. The van der Waals surface area contributed by atoms with Crippen LogP contribution >= 0.6 is 11.6 Å². The zero-order chi connectivity index (χ0) is 12.8. The Balaban J connectivity index is 2.62. The summed E-state index contributed by atoms with van der Waals surface area (Å²) in [6.45, 7) is 3.91. The Morgan fingerprint density at radius 1 is 1.47 bits per heavy atom. The van der Waals surface area contributed by atoms with Crippen LogP contribution in [0.3, 0.4) is 0 Å². The molecular weight excluding hydrogens is 240 g/mol. The van der Waals surface area contributed by atoms with Crippen LogP contribution < -0.4 is 4.74 Å². The van der Waals surface area contributed by atoms with Crippen molar-refractivity contribution in [1.82, 2.24) is 0 Å². The molecule has 0 amide bonds. The molecule has 0 aliphatic carbocycles. The predicted molar refractivity (Wildman–Crippen MR) is 67.5 cm³/mol. The summed E-state index contributed by atoms with van der Waals surface area (Å²) in [4.78, 5) is 11.1. The van der Waals surface area contributed by atoms with Crippen LogP contribution in [0.1, 0.15) is 12.5 Å². The van der Waals surface area contributed by atoms with E-state index >= 15 is 0 Å². The molecule has 1 aromatic carbocycles. The normalized spacial score (nSPS) is 11.2. The van der Waals surface area contributed by atoms with Crippen LogP contribution in [0, 0.1) is 6.92 Å². The largest absolute Gasteiger partial charge is 0.488 e. The molecule has 0 fully saturated rings. The van der Waals surface area contributed by atoms with Gasteiger partial charge in [-0.25, -0.2) is 4.79 Å². The summed E-state index contributed by atoms with van der Waals surface area (Å²) in [5.74, 6) is 0.254. The van der Waals surface area contributed by atoms with Crippen molar-refractivity contribution >= 4 is 17.6 Å². The smallest absolute Gasteiger partial charge is 0.333 e. The van der Waals surface area contributed by atoms with Gasteiger partial charge in [0.2, 0.25) is 0 Å². The molecule has 0 saturated heterocycles. The number of esters is 1. The minimum absolute atomic E-state index is 0.282. The minimum atomic E-state index is -0.357. The summed E-state index contributed by atoms with van der Waals surface area (Å²) >= 11 is 5.96. The van der Waals surface area contributed by atoms with Gasteiger partial charge < -0.3 is 9.47 Å². The molecule has 0 spiro atoms. The van der Waals surface area contributed by atoms with E-state index in [1.807, 2.05) is 19.1 Å². The first-order valence-electron chi connectivity index (χ1n) is 5.18. The Morgan fingerprint density at radius 2 is 2.18 bits per heavy atom. The predicted octanol–water partition coefficient (Wildman–Crippen LogP) is 3.15. The van der Waals surface area contributed by atoms with Gasteiger partial charge in [0, 0.05) is 5.57 Å². The molecule has 0 atom stereocenters. The van der Waals surface area contributed by atoms with E-state index in [9.17, 15) is 4.79 Å². The zero-order valence-electron chi connectivity index (χ0n) is 10.1. The summed E-state index contributed by atoms with van der Waals surface area (Å²) in [7, 11) is 1.35. The zero-order valence-corrected chi connectivity index (χ0v) is 10.9. The average Bonchev–Trinajstić information content (AvgIpc) is 2.32. The third kappa shape index (κ3) is 4.11. The standard InChI is InChI=1S/C13H15ClO3/c1-9-4-5-11(14)12(8-9)17-7-6-10(2)13(15)16-3/h4-6,8H,7H2,1-3H3. The summed E-state index contributed by atoms with van der Waals surface area (Å²) in [5, 5.41) is 0.555. The second kappa shape index (κ2) is 6.30. The topological polar surface area (TPSA) is 35.5 Å². The molecule has 0 aromatic heterocycles. The molecule has 0 N–H and O–H groups in total. The van der Waals surface area contributed by atoms with Crippen molar-refractivity contribution in [1.29, 1.82) is 0 Å². The third-order valence-corrected chi connectivity index (χ3v) is 2.53. The van der Waals surface area contributed by atoms with E-state index < -0.39 is 0 Å². The number of carbonyl (C=O) groups is 1. The molecule has 0 unspecified atom stereocenters. The van der Waals surface area contributed by atoms with E-state index in [1.165, 1.54) is 7.11 Å². The number of methoxy groups -OCH3 is 1. The Labute approximate surface area is 106 Å². The lowest BCUT2D eigenvalue weighted by molar-refractivity contribution is -0.136. The lowest BCUT2D eigenvalue weighted by Crippen LogP contribution is -2.04. The summed E-state index contributed by atoms with van der Waals surface area (Å²) in [6.07, 6.45) is 1.66. The average molecular weight is 255 g/mol. The Kier molecular flexibility index (Phi) is 5.04. The molecule has 0 saturated carbocycles. The number of hydrogen-bond acceptors (Lipinski definition) is 3. The molecule has 3 nitrogen and oxygen atoms in total. The van der Waals surface area contributed by atoms with E-state index in [-0.39, 0.29) is 12.6 Å². The van der Waals surface area contributed by atoms with E-state index in [2.05, 4.69) is 4.74 Å². The molecule has 0 aliphatic rings. The lowest BCUT2D eigenvalue weighted by Gasteiger charge is -2.07. The highest BCUT2D eigenvalue weighted by molar-refractivity contribution is 6.32. The number of halogens is 1. The molecule has 0 aliphatic heterocycles. The first-order chi connectivity index (χ1) is 8.04. The van der Waals surface area contributed by atoms with Crippen LogP contribution in [-0.4, -0.2) is 19.7 Å². The second-order valence-electron chi connectivity index (χ2n) is 3.62. The Morgan fingerprint density at radius 3 is 2.82 bits per heavy atom. The van der Waals surface area contributed by atoms with Gasteiger partial charge in [-0.15, -0.1) is 0 Å². The Bertz CT molecular complexity index is 438. The van der Waals surface area contributed by atoms with Crippen molar-refractivity contribution in [2.45, 2.75) is 13.8 Å². The highest BCUT2D eigenvalue weighted by Gasteiger charge is 2.03. The maximum Gasteiger partial charge on any atom is 0.333 e. The molecule has 0 heterocycles. The highest BCUT2D eigenvalue weighted by Crippen LogP contribution is 2.25. The number of rotatable bonds is 4. The quantitative estimate of drug-likeness (QED) is 0.612. The maximum absolute atomic E-state index is 11.1.